The number of halogens is 2. The van der Waals surface area contributed by atoms with Crippen LogP contribution < -0.4 is 0 Å². The fraction of sp³-hybridized carbons (Fsp3) is 0.312. The molecule has 0 bridgehead atoms. The molecule has 2 aromatic carbocycles. The van der Waals surface area contributed by atoms with Crippen molar-refractivity contribution >= 4 is 10.8 Å². The van der Waals surface area contributed by atoms with Crippen LogP contribution >= 0.6 is 0 Å². The normalized spacial score (nSPS) is 11.3. The van der Waals surface area contributed by atoms with E-state index in [9.17, 15) is 8.78 Å². The van der Waals surface area contributed by atoms with Crippen LogP contribution in [0.4, 0.5) is 8.78 Å². The standard InChI is InChI=1S/C16H17F2/c17-16(18)12-3-1-2-7-13-9-6-10-14-8-4-5-11-15(13)14/h4-6,8-11H,1-3,7,12H2. The quantitative estimate of drug-likeness (QED) is 0.602. The summed E-state index contributed by atoms with van der Waals surface area (Å²) in [5.74, 6) is 0. The highest BCUT2D eigenvalue weighted by atomic mass is 19.3. The second-order valence-electron chi connectivity index (χ2n) is 4.54. The van der Waals surface area contributed by atoms with Crippen molar-refractivity contribution in [3.8, 4) is 0 Å². The monoisotopic (exact) mass is 247 g/mol. The number of aryl methyl sites for hydroxylation is 1. The smallest absolute Gasteiger partial charge is 0.200 e. The third-order valence-electron chi connectivity index (χ3n) is 3.19. The molecule has 0 unspecified atom stereocenters. The Morgan fingerprint density at radius 3 is 2.44 bits per heavy atom. The van der Waals surface area contributed by atoms with Gasteiger partial charge in [-0.15, -0.1) is 0 Å². The molecule has 0 heterocycles. The van der Waals surface area contributed by atoms with Crippen molar-refractivity contribution in [2.24, 2.45) is 0 Å². The summed E-state index contributed by atoms with van der Waals surface area (Å²) >= 11 is 0. The molecule has 0 aliphatic heterocycles. The van der Waals surface area contributed by atoms with Gasteiger partial charge in [-0.25, -0.2) is 0 Å². The van der Waals surface area contributed by atoms with E-state index < -0.39 is 6.43 Å². The molecule has 0 aliphatic rings. The lowest BCUT2D eigenvalue weighted by Crippen LogP contribution is -1.89. The van der Waals surface area contributed by atoms with Crippen molar-refractivity contribution in [1.29, 1.82) is 0 Å². The summed E-state index contributed by atoms with van der Waals surface area (Å²) in [7, 11) is 0. The highest BCUT2D eigenvalue weighted by Gasteiger charge is 2.04. The summed E-state index contributed by atoms with van der Waals surface area (Å²) in [5, 5.41) is 2.53. The highest BCUT2D eigenvalue weighted by Crippen LogP contribution is 2.21. The van der Waals surface area contributed by atoms with Gasteiger partial charge in [-0.3, -0.25) is 0 Å². The molecule has 0 N–H and O–H groups in total. The van der Waals surface area contributed by atoms with Gasteiger partial charge in [0.1, 0.15) is 0 Å². The average molecular weight is 247 g/mol. The van der Waals surface area contributed by atoms with Gasteiger partial charge in [0.25, 0.3) is 0 Å². The minimum atomic E-state index is -1.44. The summed E-state index contributed by atoms with van der Waals surface area (Å²) in [6, 6.07) is 14.6. The molecule has 0 amide bonds. The van der Waals surface area contributed by atoms with E-state index in [4.69, 9.17) is 0 Å². The largest absolute Gasteiger partial charge is 0.310 e. The molecule has 0 aromatic heterocycles. The first-order chi connectivity index (χ1) is 8.77. The Morgan fingerprint density at radius 2 is 1.61 bits per heavy atom. The van der Waals surface area contributed by atoms with E-state index in [2.05, 4.69) is 30.3 Å². The lowest BCUT2D eigenvalue weighted by atomic mass is 9.99. The van der Waals surface area contributed by atoms with Gasteiger partial charge in [0.05, 0.1) is 0 Å². The predicted molar refractivity (Wildman–Crippen MR) is 71.6 cm³/mol. The van der Waals surface area contributed by atoms with E-state index in [1.54, 1.807) is 0 Å². The SMILES string of the molecule is F[C](F)CCCCCc1cccc2ccccc12. The molecule has 0 fully saturated rings. The number of hydrogen-bond acceptors (Lipinski definition) is 0. The lowest BCUT2D eigenvalue weighted by molar-refractivity contribution is 0.264. The van der Waals surface area contributed by atoms with Gasteiger partial charge < -0.3 is 0 Å². The van der Waals surface area contributed by atoms with Crippen molar-refractivity contribution in [3.05, 3.63) is 54.5 Å². The fourth-order valence-electron chi connectivity index (χ4n) is 2.26. The average Bonchev–Trinajstić information content (AvgIpc) is 2.38. The Morgan fingerprint density at radius 1 is 0.833 bits per heavy atom. The first-order valence-electron chi connectivity index (χ1n) is 6.41. The minimum Gasteiger partial charge on any atom is -0.200 e. The number of hydrogen-bond donors (Lipinski definition) is 0. The summed E-state index contributed by atoms with van der Waals surface area (Å²) in [5.41, 5.74) is 1.32. The van der Waals surface area contributed by atoms with E-state index >= 15 is 0 Å². The van der Waals surface area contributed by atoms with E-state index in [0.717, 1.165) is 19.3 Å². The Hall–Kier alpha value is -1.44. The van der Waals surface area contributed by atoms with Gasteiger partial charge in [0.15, 0.2) is 0 Å². The molecular formula is C16H17F2. The zero-order valence-electron chi connectivity index (χ0n) is 10.3. The first kappa shape index (κ1) is 13.0. The zero-order chi connectivity index (χ0) is 12.8. The molecule has 2 heteroatoms. The van der Waals surface area contributed by atoms with Crippen LogP contribution in [-0.4, -0.2) is 0 Å². The van der Waals surface area contributed by atoms with Crippen LogP contribution in [-0.2, 0) is 6.42 Å². The van der Waals surface area contributed by atoms with E-state index in [0.29, 0.717) is 6.42 Å². The number of rotatable bonds is 6. The van der Waals surface area contributed by atoms with Gasteiger partial charge in [0, 0.05) is 6.42 Å². The molecule has 0 saturated carbocycles. The maximum atomic E-state index is 11.9. The number of benzene rings is 2. The molecule has 1 radical (unpaired) electrons. The number of fused-ring (bicyclic) bond motifs is 1. The Balaban J connectivity index is 1.91. The molecule has 95 valence electrons. The van der Waals surface area contributed by atoms with Crippen LogP contribution in [0, 0.1) is 6.43 Å². The topological polar surface area (TPSA) is 0 Å². The molecular weight excluding hydrogens is 230 g/mol. The van der Waals surface area contributed by atoms with Crippen molar-refractivity contribution in [3.63, 3.8) is 0 Å². The van der Waals surface area contributed by atoms with Crippen molar-refractivity contribution in [1.82, 2.24) is 0 Å². The highest BCUT2D eigenvalue weighted by molar-refractivity contribution is 5.85. The second-order valence-corrected chi connectivity index (χ2v) is 4.54. The third kappa shape index (κ3) is 3.52. The molecule has 18 heavy (non-hydrogen) atoms. The van der Waals surface area contributed by atoms with E-state index in [1.807, 2.05) is 12.1 Å². The van der Waals surface area contributed by atoms with Gasteiger partial charge in [-0.1, -0.05) is 48.9 Å². The van der Waals surface area contributed by atoms with Crippen LogP contribution in [0.3, 0.4) is 0 Å². The molecule has 0 saturated heterocycles. The molecule has 0 spiro atoms. The third-order valence-corrected chi connectivity index (χ3v) is 3.19. The summed E-state index contributed by atoms with van der Waals surface area (Å²) in [6.07, 6.45) is 1.90. The van der Waals surface area contributed by atoms with Crippen LogP contribution in [0.25, 0.3) is 10.8 Å². The van der Waals surface area contributed by atoms with Gasteiger partial charge in [0.2, 0.25) is 0 Å². The van der Waals surface area contributed by atoms with Crippen LogP contribution in [0.1, 0.15) is 31.2 Å². The van der Waals surface area contributed by atoms with E-state index in [1.165, 1.54) is 16.3 Å². The van der Waals surface area contributed by atoms with Crippen molar-refractivity contribution in [2.45, 2.75) is 32.1 Å². The first-order valence-corrected chi connectivity index (χ1v) is 6.41. The van der Waals surface area contributed by atoms with Gasteiger partial charge in [-0.2, -0.15) is 8.78 Å². The minimum absolute atomic E-state index is 0.0461. The van der Waals surface area contributed by atoms with Crippen LogP contribution in [0.5, 0.6) is 0 Å². The Kier molecular flexibility index (Phi) is 4.68. The maximum absolute atomic E-state index is 11.9. The second kappa shape index (κ2) is 6.48. The van der Waals surface area contributed by atoms with Crippen LogP contribution in [0.2, 0.25) is 0 Å². The fourth-order valence-corrected chi connectivity index (χ4v) is 2.26. The van der Waals surface area contributed by atoms with Crippen LogP contribution in [0.15, 0.2) is 42.5 Å². The summed E-state index contributed by atoms with van der Waals surface area (Å²) in [6.45, 7) is 0. The lowest BCUT2D eigenvalue weighted by Gasteiger charge is -2.06. The number of unbranched alkanes of at least 4 members (excludes halogenated alkanes) is 2. The van der Waals surface area contributed by atoms with Gasteiger partial charge in [-0.05, 0) is 35.6 Å². The molecule has 2 rings (SSSR count). The molecule has 2 aromatic rings. The van der Waals surface area contributed by atoms with Gasteiger partial charge >= 0.3 is 6.43 Å². The molecule has 0 atom stereocenters. The van der Waals surface area contributed by atoms with Crippen molar-refractivity contribution < 1.29 is 8.78 Å². The zero-order valence-corrected chi connectivity index (χ0v) is 10.3. The predicted octanol–water partition coefficient (Wildman–Crippen LogP) is 5.37. The summed E-state index contributed by atoms with van der Waals surface area (Å²) < 4.78 is 23.8. The molecule has 0 nitrogen and oxygen atoms in total. The summed E-state index contributed by atoms with van der Waals surface area (Å²) in [4.78, 5) is 0. The maximum Gasteiger partial charge on any atom is 0.310 e. The van der Waals surface area contributed by atoms with Crippen molar-refractivity contribution in [2.75, 3.05) is 0 Å². The Labute approximate surface area is 107 Å². The Bertz CT molecular complexity index is 486. The molecule has 0 aliphatic carbocycles. The van der Waals surface area contributed by atoms with E-state index in [-0.39, 0.29) is 6.42 Å².